The number of non-ortho nitro benzene ring substituents is 1. The molecule has 8 heteroatoms. The van der Waals surface area contributed by atoms with Crippen molar-refractivity contribution in [2.45, 2.75) is 13.1 Å². The molecule has 1 saturated heterocycles. The SMILES string of the molecule is N#Cc1cc(NCc2cccc(CN3CCOCC3)c2)nc2ccc([N+](=O)[O-])cc12. The van der Waals surface area contributed by atoms with Crippen LogP contribution in [0.3, 0.4) is 0 Å². The summed E-state index contributed by atoms with van der Waals surface area (Å²) in [5.74, 6) is 0.562. The maximum absolute atomic E-state index is 11.0. The number of pyridine rings is 1. The summed E-state index contributed by atoms with van der Waals surface area (Å²) in [6, 6.07) is 16.5. The van der Waals surface area contributed by atoms with E-state index in [0.29, 0.717) is 28.8 Å². The minimum atomic E-state index is -0.476. The van der Waals surface area contributed by atoms with Crippen molar-refractivity contribution in [3.05, 3.63) is 75.3 Å². The van der Waals surface area contributed by atoms with Gasteiger partial charge in [-0.2, -0.15) is 5.26 Å². The molecule has 2 heterocycles. The van der Waals surface area contributed by atoms with Crippen molar-refractivity contribution in [1.29, 1.82) is 5.26 Å². The molecule has 30 heavy (non-hydrogen) atoms. The van der Waals surface area contributed by atoms with Gasteiger partial charge in [0.25, 0.3) is 5.69 Å². The summed E-state index contributed by atoms with van der Waals surface area (Å²) < 4.78 is 5.40. The fourth-order valence-corrected chi connectivity index (χ4v) is 3.56. The van der Waals surface area contributed by atoms with Gasteiger partial charge in [-0.05, 0) is 23.3 Å². The van der Waals surface area contributed by atoms with Crippen LogP contribution in [0.1, 0.15) is 16.7 Å². The number of ether oxygens (including phenoxy) is 1. The lowest BCUT2D eigenvalue weighted by Gasteiger charge is -2.26. The highest BCUT2D eigenvalue weighted by atomic mass is 16.6. The Morgan fingerprint density at radius 2 is 1.97 bits per heavy atom. The molecule has 1 aromatic heterocycles. The molecular weight excluding hydrogens is 382 g/mol. The molecule has 3 aromatic rings. The Hall–Kier alpha value is -3.54. The first-order valence-electron chi connectivity index (χ1n) is 9.73. The van der Waals surface area contributed by atoms with Gasteiger partial charge in [0, 0.05) is 43.7 Å². The number of nitriles is 1. The van der Waals surface area contributed by atoms with Crippen LogP contribution in [-0.2, 0) is 17.8 Å². The second-order valence-corrected chi connectivity index (χ2v) is 7.19. The minimum absolute atomic E-state index is 0.0569. The van der Waals surface area contributed by atoms with Crippen molar-refractivity contribution in [3.8, 4) is 6.07 Å². The Morgan fingerprint density at radius 3 is 2.73 bits per heavy atom. The van der Waals surface area contributed by atoms with Gasteiger partial charge in [-0.15, -0.1) is 0 Å². The molecule has 0 atom stereocenters. The van der Waals surface area contributed by atoms with Gasteiger partial charge >= 0.3 is 0 Å². The van der Waals surface area contributed by atoms with Gasteiger partial charge in [-0.3, -0.25) is 15.0 Å². The third kappa shape index (κ3) is 4.54. The quantitative estimate of drug-likeness (QED) is 0.496. The average Bonchev–Trinajstić information content (AvgIpc) is 2.77. The Kier molecular flexibility index (Phi) is 5.84. The molecule has 0 spiro atoms. The molecule has 0 bridgehead atoms. The zero-order valence-corrected chi connectivity index (χ0v) is 16.4. The number of fused-ring (bicyclic) bond motifs is 1. The van der Waals surface area contributed by atoms with Gasteiger partial charge in [-0.25, -0.2) is 4.98 Å². The van der Waals surface area contributed by atoms with E-state index in [1.54, 1.807) is 12.1 Å². The summed E-state index contributed by atoms with van der Waals surface area (Å²) in [7, 11) is 0. The first-order chi connectivity index (χ1) is 14.6. The molecule has 2 aromatic carbocycles. The Labute approximate surface area is 173 Å². The number of benzene rings is 2. The lowest BCUT2D eigenvalue weighted by atomic mass is 10.1. The molecule has 0 saturated carbocycles. The summed E-state index contributed by atoms with van der Waals surface area (Å²) in [6.45, 7) is 4.89. The van der Waals surface area contributed by atoms with E-state index in [-0.39, 0.29) is 5.69 Å². The maximum atomic E-state index is 11.0. The largest absolute Gasteiger partial charge is 0.379 e. The van der Waals surface area contributed by atoms with Crippen molar-refractivity contribution in [3.63, 3.8) is 0 Å². The van der Waals surface area contributed by atoms with Gasteiger partial charge in [0.15, 0.2) is 0 Å². The number of nitro groups is 1. The fraction of sp³-hybridized carbons (Fsp3) is 0.273. The molecule has 0 amide bonds. The van der Waals surface area contributed by atoms with E-state index in [2.05, 4.69) is 33.4 Å². The molecule has 1 aliphatic rings. The average molecular weight is 403 g/mol. The molecule has 1 aliphatic heterocycles. The summed E-state index contributed by atoms with van der Waals surface area (Å²) in [5.41, 5.74) is 3.20. The van der Waals surface area contributed by atoms with E-state index in [1.807, 2.05) is 12.1 Å². The van der Waals surface area contributed by atoms with Gasteiger partial charge in [0.05, 0.1) is 35.3 Å². The monoisotopic (exact) mass is 403 g/mol. The first-order valence-corrected chi connectivity index (χ1v) is 9.73. The third-order valence-corrected chi connectivity index (χ3v) is 5.10. The molecule has 0 unspecified atom stereocenters. The van der Waals surface area contributed by atoms with Crippen molar-refractivity contribution >= 4 is 22.4 Å². The number of aromatic nitrogens is 1. The number of anilines is 1. The van der Waals surface area contributed by atoms with Crippen LogP contribution in [0, 0.1) is 21.4 Å². The van der Waals surface area contributed by atoms with Gasteiger partial charge in [0.1, 0.15) is 5.82 Å². The van der Waals surface area contributed by atoms with Crippen molar-refractivity contribution in [1.82, 2.24) is 9.88 Å². The van der Waals surface area contributed by atoms with Crippen LogP contribution < -0.4 is 5.32 Å². The number of nitro benzene ring substituents is 1. The smallest absolute Gasteiger partial charge is 0.270 e. The van der Waals surface area contributed by atoms with Crippen molar-refractivity contribution in [2.75, 3.05) is 31.6 Å². The van der Waals surface area contributed by atoms with E-state index >= 15 is 0 Å². The maximum Gasteiger partial charge on any atom is 0.270 e. The van der Waals surface area contributed by atoms with Crippen LogP contribution in [0.15, 0.2) is 48.5 Å². The number of morpholine rings is 1. The van der Waals surface area contributed by atoms with Crippen molar-refractivity contribution in [2.24, 2.45) is 0 Å². The normalized spacial score (nSPS) is 14.4. The second kappa shape index (κ2) is 8.86. The van der Waals surface area contributed by atoms with Crippen LogP contribution in [0.5, 0.6) is 0 Å². The molecule has 0 aliphatic carbocycles. The highest BCUT2D eigenvalue weighted by Gasteiger charge is 2.13. The number of nitrogens with one attached hydrogen (secondary N) is 1. The van der Waals surface area contributed by atoms with E-state index in [1.165, 1.54) is 17.7 Å². The molecule has 1 fully saturated rings. The van der Waals surface area contributed by atoms with Crippen LogP contribution in [0.2, 0.25) is 0 Å². The van der Waals surface area contributed by atoms with E-state index in [0.717, 1.165) is 38.4 Å². The third-order valence-electron chi connectivity index (χ3n) is 5.10. The van der Waals surface area contributed by atoms with Crippen LogP contribution in [-0.4, -0.2) is 41.1 Å². The fourth-order valence-electron chi connectivity index (χ4n) is 3.56. The predicted octanol–water partition coefficient (Wildman–Crippen LogP) is 3.46. The van der Waals surface area contributed by atoms with Gasteiger partial charge in [0.2, 0.25) is 0 Å². The van der Waals surface area contributed by atoms with Crippen LogP contribution in [0.25, 0.3) is 10.9 Å². The molecule has 8 nitrogen and oxygen atoms in total. The summed E-state index contributed by atoms with van der Waals surface area (Å²) in [6.07, 6.45) is 0. The number of rotatable bonds is 6. The number of hydrogen-bond donors (Lipinski definition) is 1. The Balaban J connectivity index is 1.49. The predicted molar refractivity (Wildman–Crippen MR) is 113 cm³/mol. The molecule has 152 valence electrons. The van der Waals surface area contributed by atoms with Crippen LogP contribution >= 0.6 is 0 Å². The highest BCUT2D eigenvalue weighted by Crippen LogP contribution is 2.25. The summed E-state index contributed by atoms with van der Waals surface area (Å²) >= 11 is 0. The molecular formula is C22H21N5O3. The van der Waals surface area contributed by atoms with Gasteiger partial charge < -0.3 is 10.1 Å². The lowest BCUT2D eigenvalue weighted by Crippen LogP contribution is -2.35. The van der Waals surface area contributed by atoms with E-state index in [9.17, 15) is 15.4 Å². The zero-order chi connectivity index (χ0) is 20.9. The first kappa shape index (κ1) is 19.8. The zero-order valence-electron chi connectivity index (χ0n) is 16.4. The van der Waals surface area contributed by atoms with Crippen molar-refractivity contribution < 1.29 is 9.66 Å². The van der Waals surface area contributed by atoms with E-state index < -0.39 is 4.92 Å². The Morgan fingerprint density at radius 1 is 1.17 bits per heavy atom. The minimum Gasteiger partial charge on any atom is -0.379 e. The summed E-state index contributed by atoms with van der Waals surface area (Å²) in [4.78, 5) is 17.4. The number of hydrogen-bond acceptors (Lipinski definition) is 7. The standard InChI is InChI=1S/C22H21N5O3/c23-13-18-11-22(25-21-5-4-19(27(28)29)12-20(18)21)24-14-16-2-1-3-17(10-16)15-26-6-8-30-9-7-26/h1-5,10-12H,6-9,14-15H2,(H,24,25). The topological polar surface area (TPSA) is 104 Å². The molecule has 4 rings (SSSR count). The van der Waals surface area contributed by atoms with E-state index in [4.69, 9.17) is 4.74 Å². The van der Waals surface area contributed by atoms with Gasteiger partial charge in [-0.1, -0.05) is 24.3 Å². The molecule has 1 N–H and O–H groups in total. The van der Waals surface area contributed by atoms with Crippen LogP contribution in [0.4, 0.5) is 11.5 Å². The lowest BCUT2D eigenvalue weighted by molar-refractivity contribution is -0.384. The highest BCUT2D eigenvalue weighted by molar-refractivity contribution is 5.88. The Bertz CT molecular complexity index is 1120. The second-order valence-electron chi connectivity index (χ2n) is 7.19. The summed E-state index contributed by atoms with van der Waals surface area (Å²) in [5, 5.41) is 24.2. The number of nitrogens with zero attached hydrogens (tertiary/aromatic N) is 4. The molecule has 0 radical (unpaired) electrons.